The van der Waals surface area contributed by atoms with Gasteiger partial charge in [-0.1, -0.05) is 40.6 Å². The molecule has 0 saturated carbocycles. The summed E-state index contributed by atoms with van der Waals surface area (Å²) < 4.78 is 12.3. The van der Waals surface area contributed by atoms with Crippen LogP contribution in [0.4, 0.5) is 0 Å². The number of amidine groups is 1. The summed E-state index contributed by atoms with van der Waals surface area (Å²) >= 11 is 0. The molecule has 0 bridgehead atoms. The number of methoxy groups -OCH3 is 1. The molecule has 1 aliphatic rings. The smallest absolute Gasteiger partial charge is 0.294 e. The van der Waals surface area contributed by atoms with Crippen LogP contribution in [0.3, 0.4) is 0 Å². The monoisotopic (exact) mass is 464 g/mol. The van der Waals surface area contributed by atoms with Gasteiger partial charge in [-0.05, 0) is 35.8 Å². The highest BCUT2D eigenvalue weighted by atomic mass is 16.8. The predicted molar refractivity (Wildman–Crippen MR) is 124 cm³/mol. The molecule has 12 heteroatoms. The summed E-state index contributed by atoms with van der Waals surface area (Å²) in [6, 6.07) is 14.6. The number of hydrazone groups is 1. The van der Waals surface area contributed by atoms with E-state index in [1.165, 1.54) is 16.0 Å². The number of amides is 1. The number of rotatable bonds is 8. The van der Waals surface area contributed by atoms with Crippen molar-refractivity contribution >= 4 is 18.0 Å². The molecule has 34 heavy (non-hydrogen) atoms. The summed E-state index contributed by atoms with van der Waals surface area (Å²) in [4.78, 5) is 18.1. The summed E-state index contributed by atoms with van der Waals surface area (Å²) in [5.74, 6) is 0.823. The minimum atomic E-state index is -0.663. The lowest BCUT2D eigenvalue weighted by atomic mass is 10.1. The van der Waals surface area contributed by atoms with Gasteiger partial charge >= 0.3 is 0 Å². The van der Waals surface area contributed by atoms with Crippen molar-refractivity contribution in [1.82, 2.24) is 25.5 Å². The second kappa shape index (κ2) is 10.0. The molecule has 1 amide bonds. The number of nitrogens with two attached hydrogens (primary N) is 1. The van der Waals surface area contributed by atoms with E-state index in [4.69, 9.17) is 20.1 Å². The van der Waals surface area contributed by atoms with E-state index in [0.29, 0.717) is 34.9 Å². The number of hydrogen-bond donors (Lipinski definition) is 2. The lowest BCUT2D eigenvalue weighted by Gasteiger charge is -2.18. The van der Waals surface area contributed by atoms with Crippen molar-refractivity contribution in [2.45, 2.75) is 13.1 Å². The number of hydroxylamine groups is 2. The molecule has 1 unspecified atom stereocenters. The van der Waals surface area contributed by atoms with E-state index < -0.39 is 12.1 Å². The first-order valence-corrected chi connectivity index (χ1v) is 10.4. The van der Waals surface area contributed by atoms with Crippen LogP contribution in [0.5, 0.6) is 11.5 Å². The number of benzene rings is 2. The highest BCUT2D eigenvalue weighted by Crippen LogP contribution is 2.29. The number of carbonyl (C=O) groups is 1. The number of hydrogen-bond acceptors (Lipinski definition) is 10. The Labute approximate surface area is 195 Å². The number of aromatic nitrogens is 3. The minimum absolute atomic E-state index is 0.0705. The van der Waals surface area contributed by atoms with Gasteiger partial charge in [-0.3, -0.25) is 9.73 Å². The third-order valence-electron chi connectivity index (χ3n) is 4.94. The first kappa shape index (κ1) is 22.7. The van der Waals surface area contributed by atoms with Gasteiger partial charge in [0.1, 0.15) is 5.69 Å². The second-order valence-corrected chi connectivity index (χ2v) is 7.16. The molecule has 0 radical (unpaired) electrons. The van der Waals surface area contributed by atoms with Crippen molar-refractivity contribution < 1.29 is 19.2 Å². The fraction of sp³-hybridized carbons (Fsp3) is 0.227. The summed E-state index contributed by atoms with van der Waals surface area (Å²) in [5, 5.41) is 17.5. The maximum atomic E-state index is 13.0. The molecule has 3 N–H and O–H groups in total. The molecule has 0 aliphatic carbocycles. The largest absolute Gasteiger partial charge is 0.493 e. The predicted octanol–water partition coefficient (Wildman–Crippen LogP) is 1.76. The molecule has 0 spiro atoms. The summed E-state index contributed by atoms with van der Waals surface area (Å²) in [7, 11) is 3.22. The quantitative estimate of drug-likeness (QED) is 0.379. The van der Waals surface area contributed by atoms with Crippen molar-refractivity contribution in [3.8, 4) is 22.8 Å². The molecule has 2 heterocycles. The van der Waals surface area contributed by atoms with Gasteiger partial charge in [-0.2, -0.15) is 5.10 Å². The highest BCUT2D eigenvalue weighted by Gasteiger charge is 2.34. The molecule has 2 aromatic carbocycles. The van der Waals surface area contributed by atoms with Crippen LogP contribution in [-0.4, -0.2) is 58.8 Å². The van der Waals surface area contributed by atoms with Crippen LogP contribution in [0.2, 0.25) is 0 Å². The Hall–Kier alpha value is -4.45. The Balaban J connectivity index is 1.60. The third-order valence-corrected chi connectivity index (χ3v) is 4.94. The minimum Gasteiger partial charge on any atom is -0.493 e. The van der Waals surface area contributed by atoms with Crippen molar-refractivity contribution in [3.05, 3.63) is 59.8 Å². The molecule has 3 aromatic rings. The molecule has 1 atom stereocenters. The van der Waals surface area contributed by atoms with Gasteiger partial charge in [0, 0.05) is 12.6 Å². The van der Waals surface area contributed by atoms with Crippen molar-refractivity contribution in [2.75, 3.05) is 20.8 Å². The van der Waals surface area contributed by atoms with Crippen LogP contribution in [0.1, 0.15) is 29.1 Å². The molecule has 176 valence electrons. The summed E-state index contributed by atoms with van der Waals surface area (Å²) in [5.41, 5.74) is 10.4. The number of carbonyl (C=O) groups excluding carboxylic acids is 1. The first-order valence-electron chi connectivity index (χ1n) is 10.4. The Bertz CT molecular complexity index is 1220. The van der Waals surface area contributed by atoms with Crippen LogP contribution in [0.25, 0.3) is 11.3 Å². The zero-order chi connectivity index (χ0) is 24.1. The molecule has 1 aromatic heterocycles. The zero-order valence-corrected chi connectivity index (χ0v) is 18.9. The second-order valence-electron chi connectivity index (χ2n) is 7.16. The van der Waals surface area contributed by atoms with Gasteiger partial charge < -0.3 is 15.2 Å². The molecule has 1 aliphatic heterocycles. The Morgan fingerprint density at radius 2 is 2.06 bits per heavy atom. The molecule has 0 fully saturated rings. The van der Waals surface area contributed by atoms with Crippen molar-refractivity contribution in [1.29, 1.82) is 0 Å². The van der Waals surface area contributed by atoms with E-state index in [-0.39, 0.29) is 11.5 Å². The van der Waals surface area contributed by atoms with Gasteiger partial charge in [-0.15, -0.1) is 5.10 Å². The van der Waals surface area contributed by atoms with E-state index in [1.54, 1.807) is 32.4 Å². The van der Waals surface area contributed by atoms with Crippen LogP contribution in [0, 0.1) is 0 Å². The standard InChI is InChI=1S/C22H24N8O4/c1-4-33-17-12-14(10-11-16(17)32-3)13-24-26-21(31)18-19(15-8-6-5-7-9-15)30(28-25-18)22-20(23)27-34-29(22)2/h5-13,22H,4H2,1-3H3,(H2,23,27)(H,26,31)/b24-13+. The van der Waals surface area contributed by atoms with Crippen molar-refractivity contribution in [2.24, 2.45) is 16.0 Å². The SMILES string of the molecule is CCOc1cc(/C=N/NC(=O)c2nnn(C3C(N)=NON3C)c2-c2ccccc2)ccc1OC. The Kier molecular flexibility index (Phi) is 6.69. The fourth-order valence-corrected chi connectivity index (χ4v) is 3.41. The third kappa shape index (κ3) is 4.52. The summed E-state index contributed by atoms with van der Waals surface area (Å²) in [6.45, 7) is 2.37. The number of oxime groups is 1. The van der Waals surface area contributed by atoms with E-state index in [2.05, 4.69) is 26.0 Å². The Morgan fingerprint density at radius 3 is 2.74 bits per heavy atom. The lowest BCUT2D eigenvalue weighted by molar-refractivity contribution is -0.148. The van der Waals surface area contributed by atoms with Crippen LogP contribution in [-0.2, 0) is 4.94 Å². The summed E-state index contributed by atoms with van der Waals surface area (Å²) in [6.07, 6.45) is 0.833. The Morgan fingerprint density at radius 1 is 1.26 bits per heavy atom. The molecular formula is C22H24N8O4. The molecular weight excluding hydrogens is 440 g/mol. The van der Waals surface area contributed by atoms with E-state index in [1.807, 2.05) is 37.3 Å². The number of nitrogens with one attached hydrogen (secondary N) is 1. The lowest BCUT2D eigenvalue weighted by Crippen LogP contribution is -2.34. The van der Waals surface area contributed by atoms with E-state index in [9.17, 15) is 4.79 Å². The van der Waals surface area contributed by atoms with Crippen LogP contribution < -0.4 is 20.6 Å². The first-order chi connectivity index (χ1) is 16.5. The molecule has 12 nitrogen and oxygen atoms in total. The topological polar surface area (TPSA) is 141 Å². The normalized spacial score (nSPS) is 15.7. The number of nitrogens with zero attached hydrogens (tertiary/aromatic N) is 6. The molecule has 4 rings (SSSR count). The average molecular weight is 464 g/mol. The van der Waals surface area contributed by atoms with Gasteiger partial charge in [0.2, 0.25) is 6.17 Å². The van der Waals surface area contributed by atoms with Gasteiger partial charge in [0.05, 0.1) is 19.9 Å². The van der Waals surface area contributed by atoms with Crippen molar-refractivity contribution in [3.63, 3.8) is 0 Å². The maximum absolute atomic E-state index is 13.0. The van der Waals surface area contributed by atoms with Gasteiger partial charge in [-0.25, -0.2) is 10.1 Å². The maximum Gasteiger partial charge on any atom is 0.294 e. The van der Waals surface area contributed by atoms with E-state index >= 15 is 0 Å². The van der Waals surface area contributed by atoms with Gasteiger partial charge in [0.25, 0.3) is 5.91 Å². The van der Waals surface area contributed by atoms with Gasteiger partial charge in [0.15, 0.2) is 23.0 Å². The highest BCUT2D eigenvalue weighted by molar-refractivity contribution is 5.99. The molecule has 0 saturated heterocycles. The van der Waals surface area contributed by atoms with E-state index in [0.717, 1.165) is 0 Å². The average Bonchev–Trinajstić information content (AvgIpc) is 3.42. The number of likely N-dealkylation sites (N-methyl/N-ethyl adjacent to an activating group) is 1. The van der Waals surface area contributed by atoms with Crippen LogP contribution >= 0.6 is 0 Å². The fourth-order valence-electron chi connectivity index (χ4n) is 3.41. The van der Waals surface area contributed by atoms with Crippen LogP contribution in [0.15, 0.2) is 58.8 Å². The zero-order valence-electron chi connectivity index (χ0n) is 18.9. The number of ether oxygens (including phenoxy) is 2.